The molecule has 0 aliphatic carbocycles. The zero-order valence-corrected chi connectivity index (χ0v) is 11.9. The SMILES string of the molecule is CCCc1ncc(C(=O)N(C)C(C)(C)C(=O)O)s1. The molecule has 0 aliphatic heterocycles. The molecule has 0 radical (unpaired) electrons. The van der Waals surface area contributed by atoms with Crippen LogP contribution >= 0.6 is 11.3 Å². The van der Waals surface area contributed by atoms with E-state index in [1.807, 2.05) is 6.92 Å². The maximum atomic E-state index is 12.1. The van der Waals surface area contributed by atoms with Gasteiger partial charge in [-0.1, -0.05) is 6.92 Å². The largest absolute Gasteiger partial charge is 0.480 e. The number of rotatable bonds is 5. The summed E-state index contributed by atoms with van der Waals surface area (Å²) in [4.78, 5) is 29.1. The van der Waals surface area contributed by atoms with Crippen LogP contribution in [0.4, 0.5) is 0 Å². The van der Waals surface area contributed by atoms with Crippen LogP contribution in [-0.2, 0) is 11.2 Å². The molecule has 0 saturated carbocycles. The summed E-state index contributed by atoms with van der Waals surface area (Å²) in [5.74, 6) is -1.33. The van der Waals surface area contributed by atoms with Gasteiger partial charge in [-0.15, -0.1) is 11.3 Å². The van der Waals surface area contributed by atoms with E-state index in [9.17, 15) is 9.59 Å². The van der Waals surface area contributed by atoms with Gasteiger partial charge in [-0.25, -0.2) is 9.78 Å². The van der Waals surface area contributed by atoms with E-state index in [2.05, 4.69) is 4.98 Å². The van der Waals surface area contributed by atoms with Crippen LogP contribution in [0, 0.1) is 0 Å². The fourth-order valence-corrected chi connectivity index (χ4v) is 2.30. The minimum absolute atomic E-state index is 0.303. The monoisotopic (exact) mass is 270 g/mol. The average Bonchev–Trinajstić information content (AvgIpc) is 2.76. The maximum absolute atomic E-state index is 12.1. The normalized spacial score (nSPS) is 11.3. The van der Waals surface area contributed by atoms with Crippen LogP contribution in [0.2, 0.25) is 0 Å². The lowest BCUT2D eigenvalue weighted by molar-refractivity contribution is -0.147. The van der Waals surface area contributed by atoms with Crippen molar-refractivity contribution in [3.05, 3.63) is 16.1 Å². The number of amides is 1. The van der Waals surface area contributed by atoms with Crippen molar-refractivity contribution >= 4 is 23.2 Å². The number of aryl methyl sites for hydroxylation is 1. The van der Waals surface area contributed by atoms with E-state index >= 15 is 0 Å². The standard InChI is InChI=1S/C12H18N2O3S/c1-5-6-9-13-7-8(18-9)10(15)14(4)12(2,3)11(16)17/h7H,5-6H2,1-4H3,(H,16,17). The number of nitrogens with zero attached hydrogens (tertiary/aromatic N) is 2. The molecule has 0 aromatic carbocycles. The Labute approximate surface area is 110 Å². The molecule has 0 bridgehead atoms. The summed E-state index contributed by atoms with van der Waals surface area (Å²) in [6.07, 6.45) is 3.33. The van der Waals surface area contributed by atoms with Crippen molar-refractivity contribution in [1.29, 1.82) is 0 Å². The first-order valence-electron chi connectivity index (χ1n) is 5.77. The number of carbonyl (C=O) groups excluding carboxylic acids is 1. The predicted octanol–water partition coefficient (Wildman–Crippen LogP) is 2.03. The average molecular weight is 270 g/mol. The van der Waals surface area contributed by atoms with Gasteiger partial charge in [-0.05, 0) is 26.7 Å². The van der Waals surface area contributed by atoms with Crippen LogP contribution in [0.1, 0.15) is 41.9 Å². The molecule has 0 spiro atoms. The van der Waals surface area contributed by atoms with Gasteiger partial charge in [0.2, 0.25) is 0 Å². The number of carboxylic acids is 1. The van der Waals surface area contributed by atoms with Crippen LogP contribution < -0.4 is 0 Å². The summed E-state index contributed by atoms with van der Waals surface area (Å²) in [5, 5.41) is 10.00. The van der Waals surface area contributed by atoms with Crippen molar-refractivity contribution in [2.45, 2.75) is 39.2 Å². The number of hydrogen-bond donors (Lipinski definition) is 1. The Bertz CT molecular complexity index is 454. The number of aliphatic carboxylic acids is 1. The van der Waals surface area contributed by atoms with Crippen LogP contribution in [0.5, 0.6) is 0 Å². The summed E-state index contributed by atoms with van der Waals surface area (Å²) in [6.45, 7) is 5.05. The van der Waals surface area contributed by atoms with Crippen molar-refractivity contribution in [2.24, 2.45) is 0 Å². The summed E-state index contributed by atoms with van der Waals surface area (Å²) >= 11 is 1.33. The predicted molar refractivity (Wildman–Crippen MR) is 69.9 cm³/mol. The molecular weight excluding hydrogens is 252 g/mol. The highest BCUT2D eigenvalue weighted by atomic mass is 32.1. The highest BCUT2D eigenvalue weighted by Gasteiger charge is 2.36. The first-order valence-corrected chi connectivity index (χ1v) is 6.58. The highest BCUT2D eigenvalue weighted by Crippen LogP contribution is 2.21. The summed E-state index contributed by atoms with van der Waals surface area (Å²) in [6, 6.07) is 0. The van der Waals surface area contributed by atoms with Gasteiger partial charge in [0, 0.05) is 7.05 Å². The molecule has 1 amide bonds. The molecule has 18 heavy (non-hydrogen) atoms. The topological polar surface area (TPSA) is 70.5 Å². The van der Waals surface area contributed by atoms with Gasteiger partial charge in [0.25, 0.3) is 5.91 Å². The van der Waals surface area contributed by atoms with Gasteiger partial charge in [0.1, 0.15) is 10.4 Å². The van der Waals surface area contributed by atoms with Crippen LogP contribution in [0.25, 0.3) is 0 Å². The molecule has 1 N–H and O–H groups in total. The van der Waals surface area contributed by atoms with Crippen molar-refractivity contribution < 1.29 is 14.7 Å². The number of carboxylic acid groups (broad SMARTS) is 1. The molecule has 0 fully saturated rings. The van der Waals surface area contributed by atoms with Crippen molar-refractivity contribution in [1.82, 2.24) is 9.88 Å². The number of hydrogen-bond acceptors (Lipinski definition) is 4. The zero-order valence-electron chi connectivity index (χ0n) is 11.1. The van der Waals surface area contributed by atoms with E-state index in [0.29, 0.717) is 4.88 Å². The molecule has 0 saturated heterocycles. The lowest BCUT2D eigenvalue weighted by Gasteiger charge is -2.30. The van der Waals surface area contributed by atoms with Gasteiger partial charge in [0.05, 0.1) is 11.2 Å². The van der Waals surface area contributed by atoms with Crippen molar-refractivity contribution in [3.63, 3.8) is 0 Å². The molecule has 0 aliphatic rings. The van der Waals surface area contributed by atoms with E-state index in [0.717, 1.165) is 17.8 Å². The second kappa shape index (κ2) is 5.48. The number of likely N-dealkylation sites (N-methyl/N-ethyl adjacent to an activating group) is 1. The molecule has 100 valence electrons. The third kappa shape index (κ3) is 2.87. The second-order valence-corrected chi connectivity index (χ2v) is 5.71. The molecule has 1 aromatic rings. The van der Waals surface area contributed by atoms with Gasteiger partial charge in [-0.3, -0.25) is 4.79 Å². The first-order chi connectivity index (χ1) is 8.30. The highest BCUT2D eigenvalue weighted by molar-refractivity contribution is 7.13. The van der Waals surface area contributed by atoms with E-state index in [-0.39, 0.29) is 5.91 Å². The minimum atomic E-state index is -1.23. The lowest BCUT2D eigenvalue weighted by Crippen LogP contribution is -2.50. The number of aromatic nitrogens is 1. The Balaban J connectivity index is 2.89. The summed E-state index contributed by atoms with van der Waals surface area (Å²) in [7, 11) is 1.50. The Hall–Kier alpha value is -1.43. The Morgan fingerprint density at radius 1 is 1.50 bits per heavy atom. The fourth-order valence-electron chi connectivity index (χ4n) is 1.30. The van der Waals surface area contributed by atoms with E-state index in [4.69, 9.17) is 5.11 Å². The van der Waals surface area contributed by atoms with E-state index in [1.165, 1.54) is 43.3 Å². The number of thiazole rings is 1. The molecule has 0 atom stereocenters. The minimum Gasteiger partial charge on any atom is -0.480 e. The smallest absolute Gasteiger partial charge is 0.329 e. The first kappa shape index (κ1) is 14.6. The molecule has 1 aromatic heterocycles. The van der Waals surface area contributed by atoms with Crippen LogP contribution in [0.15, 0.2) is 6.20 Å². The van der Waals surface area contributed by atoms with E-state index < -0.39 is 11.5 Å². The Morgan fingerprint density at radius 3 is 2.61 bits per heavy atom. The van der Waals surface area contributed by atoms with Crippen LogP contribution in [0.3, 0.4) is 0 Å². The van der Waals surface area contributed by atoms with Gasteiger partial charge in [-0.2, -0.15) is 0 Å². The summed E-state index contributed by atoms with van der Waals surface area (Å²) < 4.78 is 0. The Morgan fingerprint density at radius 2 is 2.11 bits per heavy atom. The number of carbonyl (C=O) groups is 2. The molecule has 5 nitrogen and oxygen atoms in total. The molecule has 1 heterocycles. The third-order valence-electron chi connectivity index (χ3n) is 2.89. The van der Waals surface area contributed by atoms with Gasteiger partial charge in [0.15, 0.2) is 0 Å². The third-order valence-corrected chi connectivity index (χ3v) is 3.94. The van der Waals surface area contributed by atoms with Gasteiger partial charge >= 0.3 is 5.97 Å². The van der Waals surface area contributed by atoms with Gasteiger partial charge < -0.3 is 10.0 Å². The quantitative estimate of drug-likeness (QED) is 0.888. The van der Waals surface area contributed by atoms with Crippen LogP contribution in [-0.4, -0.2) is 39.5 Å². The fraction of sp³-hybridized carbons (Fsp3) is 0.583. The summed E-state index contributed by atoms with van der Waals surface area (Å²) in [5.41, 5.74) is -1.23. The Kier molecular flexibility index (Phi) is 4.45. The van der Waals surface area contributed by atoms with Crippen molar-refractivity contribution in [3.8, 4) is 0 Å². The maximum Gasteiger partial charge on any atom is 0.329 e. The molecular formula is C12H18N2O3S. The molecule has 0 unspecified atom stereocenters. The zero-order chi connectivity index (χ0) is 13.9. The molecule has 1 rings (SSSR count). The lowest BCUT2D eigenvalue weighted by atomic mass is 10.0. The second-order valence-electron chi connectivity index (χ2n) is 4.60. The van der Waals surface area contributed by atoms with E-state index in [1.54, 1.807) is 0 Å². The van der Waals surface area contributed by atoms with Crippen molar-refractivity contribution in [2.75, 3.05) is 7.05 Å². The molecule has 6 heteroatoms.